The lowest BCUT2D eigenvalue weighted by Crippen LogP contribution is -2.25. The number of fused-ring (bicyclic) bond motifs is 1. The van der Waals surface area contributed by atoms with Crippen molar-refractivity contribution in [1.29, 1.82) is 5.26 Å². The Balaban J connectivity index is 1.53. The van der Waals surface area contributed by atoms with Crippen molar-refractivity contribution < 1.29 is 18.9 Å². The maximum atomic E-state index is 10.2. The normalized spacial score (nSPS) is 18.9. The molecule has 0 bridgehead atoms. The highest BCUT2D eigenvalue weighted by molar-refractivity contribution is 5.81. The second-order valence-corrected chi connectivity index (χ2v) is 9.45. The van der Waals surface area contributed by atoms with Crippen LogP contribution >= 0.6 is 0 Å². The van der Waals surface area contributed by atoms with Gasteiger partial charge in [0.2, 0.25) is 5.88 Å². The number of hydrogen-bond donors (Lipinski definition) is 0. The van der Waals surface area contributed by atoms with E-state index in [1.807, 2.05) is 63.2 Å². The van der Waals surface area contributed by atoms with E-state index in [0.29, 0.717) is 25.5 Å². The molecule has 0 amide bonds. The fraction of sp³-hybridized carbons (Fsp3) is 0.429. The van der Waals surface area contributed by atoms with Gasteiger partial charge in [0.05, 0.1) is 30.7 Å². The molecule has 1 saturated heterocycles. The number of nitriles is 1. The molecule has 0 radical (unpaired) electrons. The quantitative estimate of drug-likeness (QED) is 0.451. The van der Waals surface area contributed by atoms with Gasteiger partial charge in [-0.2, -0.15) is 5.26 Å². The molecule has 2 aromatic carbocycles. The van der Waals surface area contributed by atoms with E-state index in [1.165, 1.54) is 0 Å². The Morgan fingerprint density at radius 3 is 2.71 bits per heavy atom. The van der Waals surface area contributed by atoms with Gasteiger partial charge in [-0.1, -0.05) is 31.2 Å². The van der Waals surface area contributed by atoms with E-state index in [9.17, 15) is 5.26 Å². The van der Waals surface area contributed by atoms with E-state index in [2.05, 4.69) is 19.1 Å². The van der Waals surface area contributed by atoms with Crippen LogP contribution in [0.5, 0.6) is 11.6 Å². The molecule has 6 heteroatoms. The molecule has 3 aromatic rings. The Morgan fingerprint density at radius 1 is 1.21 bits per heavy atom. The predicted octanol–water partition coefficient (Wildman–Crippen LogP) is 5.36. The first-order chi connectivity index (χ1) is 16.2. The summed E-state index contributed by atoms with van der Waals surface area (Å²) in [6.07, 6.45) is 1.30. The largest absolute Gasteiger partial charge is 0.491 e. The standard InChI is InChI=1S/C28H32N2O4/c1-6-20-13-21-10-11-22(14-25(21)30-26(20)31-5)28(4,18-29)15-19-8-7-9-23(12-19)32-16-24-17-33-27(2,3)34-24/h7-14,24H,6,15-17H2,1-5H3/t24-,28?/m1/s1. The minimum atomic E-state index is -0.725. The molecule has 6 nitrogen and oxygen atoms in total. The Kier molecular flexibility index (Phi) is 6.79. The van der Waals surface area contributed by atoms with Gasteiger partial charge in [0.25, 0.3) is 0 Å². The van der Waals surface area contributed by atoms with Gasteiger partial charge in [0, 0.05) is 10.9 Å². The number of aromatic nitrogens is 1. The van der Waals surface area contributed by atoms with E-state index in [-0.39, 0.29) is 6.10 Å². The number of rotatable bonds is 8. The van der Waals surface area contributed by atoms with Crippen molar-refractivity contribution in [3.05, 3.63) is 65.2 Å². The summed E-state index contributed by atoms with van der Waals surface area (Å²) in [5.41, 5.74) is 3.12. The van der Waals surface area contributed by atoms with E-state index in [0.717, 1.165) is 39.8 Å². The molecule has 2 atom stereocenters. The third-order valence-corrected chi connectivity index (χ3v) is 6.27. The molecule has 178 valence electrons. The summed E-state index contributed by atoms with van der Waals surface area (Å²) >= 11 is 0. The van der Waals surface area contributed by atoms with Crippen molar-refractivity contribution >= 4 is 10.9 Å². The average Bonchev–Trinajstić information content (AvgIpc) is 3.20. The smallest absolute Gasteiger partial charge is 0.216 e. The maximum Gasteiger partial charge on any atom is 0.216 e. The molecule has 2 heterocycles. The van der Waals surface area contributed by atoms with Gasteiger partial charge in [-0.25, -0.2) is 4.98 Å². The first-order valence-electron chi connectivity index (χ1n) is 11.7. The number of methoxy groups -OCH3 is 1. The highest BCUT2D eigenvalue weighted by Gasteiger charge is 2.33. The van der Waals surface area contributed by atoms with Gasteiger partial charge >= 0.3 is 0 Å². The van der Waals surface area contributed by atoms with Crippen LogP contribution in [0, 0.1) is 11.3 Å². The highest BCUT2D eigenvalue weighted by Crippen LogP contribution is 2.32. The Labute approximate surface area is 201 Å². The van der Waals surface area contributed by atoms with Crippen LogP contribution in [0.4, 0.5) is 0 Å². The van der Waals surface area contributed by atoms with Gasteiger partial charge in [0.1, 0.15) is 18.5 Å². The van der Waals surface area contributed by atoms with Gasteiger partial charge in [-0.3, -0.25) is 0 Å². The number of benzene rings is 2. The maximum absolute atomic E-state index is 10.2. The topological polar surface area (TPSA) is 73.6 Å². The van der Waals surface area contributed by atoms with Crippen molar-refractivity contribution in [2.45, 2.75) is 57.8 Å². The summed E-state index contributed by atoms with van der Waals surface area (Å²) in [4.78, 5) is 4.69. The molecule has 4 rings (SSSR count). The number of pyridine rings is 1. The molecule has 1 fully saturated rings. The second-order valence-electron chi connectivity index (χ2n) is 9.45. The van der Waals surface area contributed by atoms with Gasteiger partial charge in [-0.05, 0) is 69.0 Å². The number of nitrogens with zero attached hydrogens (tertiary/aromatic N) is 2. The van der Waals surface area contributed by atoms with Crippen molar-refractivity contribution in [2.24, 2.45) is 0 Å². The van der Waals surface area contributed by atoms with Crippen LogP contribution in [0.2, 0.25) is 0 Å². The van der Waals surface area contributed by atoms with E-state index in [4.69, 9.17) is 23.9 Å². The molecule has 0 aliphatic carbocycles. The number of ether oxygens (including phenoxy) is 4. The molecule has 1 aromatic heterocycles. The van der Waals surface area contributed by atoms with Crippen LogP contribution in [0.3, 0.4) is 0 Å². The van der Waals surface area contributed by atoms with Crippen molar-refractivity contribution in [3.8, 4) is 17.7 Å². The summed E-state index contributed by atoms with van der Waals surface area (Å²) in [5, 5.41) is 11.2. The molecule has 0 spiro atoms. The highest BCUT2D eigenvalue weighted by atomic mass is 16.7. The second kappa shape index (κ2) is 9.61. The van der Waals surface area contributed by atoms with E-state index in [1.54, 1.807) is 7.11 Å². The Morgan fingerprint density at radius 2 is 2.03 bits per heavy atom. The molecule has 0 saturated carbocycles. The van der Waals surface area contributed by atoms with Crippen LogP contribution in [0.25, 0.3) is 10.9 Å². The summed E-state index contributed by atoms with van der Waals surface area (Å²) in [7, 11) is 1.64. The van der Waals surface area contributed by atoms with Gasteiger partial charge in [0.15, 0.2) is 5.79 Å². The zero-order valence-electron chi connectivity index (χ0n) is 20.6. The van der Waals surface area contributed by atoms with E-state index >= 15 is 0 Å². The summed E-state index contributed by atoms with van der Waals surface area (Å²) in [6.45, 7) is 8.78. The van der Waals surface area contributed by atoms with Gasteiger partial charge in [-0.15, -0.1) is 0 Å². The number of aryl methyl sites for hydroxylation is 1. The van der Waals surface area contributed by atoms with Gasteiger partial charge < -0.3 is 18.9 Å². The first kappa shape index (κ1) is 24.0. The summed E-state index contributed by atoms with van der Waals surface area (Å²) < 4.78 is 22.9. The Bertz CT molecular complexity index is 1220. The van der Waals surface area contributed by atoms with Crippen molar-refractivity contribution in [2.75, 3.05) is 20.3 Å². The zero-order chi connectivity index (χ0) is 24.3. The monoisotopic (exact) mass is 460 g/mol. The lowest BCUT2D eigenvalue weighted by atomic mass is 9.78. The molecule has 34 heavy (non-hydrogen) atoms. The van der Waals surface area contributed by atoms with Crippen molar-refractivity contribution in [3.63, 3.8) is 0 Å². The first-order valence-corrected chi connectivity index (χ1v) is 11.7. The van der Waals surface area contributed by atoms with Crippen LogP contribution in [0.1, 0.15) is 44.4 Å². The summed E-state index contributed by atoms with van der Waals surface area (Å²) in [5.74, 6) is 0.820. The lowest BCUT2D eigenvalue weighted by Gasteiger charge is -2.23. The number of hydrogen-bond acceptors (Lipinski definition) is 6. The Hall–Kier alpha value is -3.14. The third kappa shape index (κ3) is 5.16. The predicted molar refractivity (Wildman–Crippen MR) is 131 cm³/mol. The lowest BCUT2D eigenvalue weighted by molar-refractivity contribution is -0.141. The van der Waals surface area contributed by atoms with Crippen LogP contribution in [-0.4, -0.2) is 37.2 Å². The average molecular weight is 461 g/mol. The minimum absolute atomic E-state index is 0.0988. The molecular formula is C28H32N2O4. The minimum Gasteiger partial charge on any atom is -0.491 e. The van der Waals surface area contributed by atoms with E-state index < -0.39 is 11.2 Å². The molecule has 1 aliphatic rings. The third-order valence-electron chi connectivity index (χ3n) is 6.27. The molecule has 1 aliphatic heterocycles. The van der Waals surface area contributed by atoms with Crippen LogP contribution in [0.15, 0.2) is 48.5 Å². The van der Waals surface area contributed by atoms with Crippen LogP contribution < -0.4 is 9.47 Å². The van der Waals surface area contributed by atoms with Crippen LogP contribution in [-0.2, 0) is 27.7 Å². The zero-order valence-corrected chi connectivity index (χ0v) is 20.6. The summed E-state index contributed by atoms with van der Waals surface area (Å²) in [6, 6.07) is 18.6. The fourth-order valence-corrected chi connectivity index (χ4v) is 4.36. The van der Waals surface area contributed by atoms with Crippen molar-refractivity contribution in [1.82, 2.24) is 4.98 Å². The fourth-order valence-electron chi connectivity index (χ4n) is 4.36. The molecular weight excluding hydrogens is 428 g/mol. The molecule has 0 N–H and O–H groups in total. The molecule has 1 unspecified atom stereocenters. The SMILES string of the molecule is CCc1cc2ccc(C(C)(C#N)Cc3cccc(OC[C@@H]4COC(C)(C)O4)c3)cc2nc1OC.